The third-order valence-corrected chi connectivity index (χ3v) is 4.81. The van der Waals surface area contributed by atoms with Gasteiger partial charge < -0.3 is 4.42 Å². The van der Waals surface area contributed by atoms with Gasteiger partial charge in [-0.15, -0.1) is 10.2 Å². The van der Waals surface area contributed by atoms with E-state index in [1.807, 2.05) is 30.3 Å². The van der Waals surface area contributed by atoms with Crippen LogP contribution in [0.3, 0.4) is 0 Å². The van der Waals surface area contributed by atoms with Crippen molar-refractivity contribution in [1.29, 1.82) is 0 Å². The van der Waals surface area contributed by atoms with E-state index >= 15 is 0 Å². The number of fused-ring (bicyclic) bond motifs is 1. The Balaban J connectivity index is 1.22. The second kappa shape index (κ2) is 7.36. The molecule has 2 aromatic carbocycles. The largest absolute Gasteiger partial charge is 0.444 e. The van der Waals surface area contributed by atoms with Crippen LogP contribution >= 0.6 is 0 Å². The lowest BCUT2D eigenvalue weighted by Gasteiger charge is -2.11. The molecule has 0 saturated heterocycles. The molecule has 0 saturated carbocycles. The zero-order chi connectivity index (χ0) is 20.5. The van der Waals surface area contributed by atoms with Crippen molar-refractivity contribution in [3.63, 3.8) is 0 Å². The molecule has 0 N–H and O–H groups in total. The van der Waals surface area contributed by atoms with E-state index in [1.54, 1.807) is 30.5 Å². The molecule has 0 spiro atoms. The highest BCUT2D eigenvalue weighted by Gasteiger charge is 2.34. The fourth-order valence-electron chi connectivity index (χ4n) is 3.34. The zero-order valence-corrected chi connectivity index (χ0v) is 15.8. The van der Waals surface area contributed by atoms with E-state index < -0.39 is 0 Å². The van der Waals surface area contributed by atoms with Gasteiger partial charge in [0.1, 0.15) is 18.5 Å². The van der Waals surface area contributed by atoms with Gasteiger partial charge in [0, 0.05) is 18.5 Å². The Morgan fingerprint density at radius 1 is 0.900 bits per heavy atom. The average Bonchev–Trinajstić information content (AvgIpc) is 3.49. The van der Waals surface area contributed by atoms with Crippen molar-refractivity contribution in [3.8, 4) is 11.5 Å². The summed E-state index contributed by atoms with van der Waals surface area (Å²) in [7, 11) is 0. The molecule has 148 valence electrons. The Hall–Kier alpha value is -4.14. The van der Waals surface area contributed by atoms with Crippen molar-refractivity contribution >= 4 is 11.8 Å². The molecule has 1 aliphatic rings. The summed E-state index contributed by atoms with van der Waals surface area (Å²) < 4.78 is 5.52. The highest BCUT2D eigenvalue weighted by molar-refractivity contribution is 6.21. The first-order valence-corrected chi connectivity index (χ1v) is 9.41. The molecule has 2 aromatic heterocycles. The summed E-state index contributed by atoms with van der Waals surface area (Å²) in [4.78, 5) is 31.9. The maximum atomic E-state index is 12.4. The molecule has 2 amide bonds. The maximum Gasteiger partial charge on any atom is 0.261 e. The predicted molar refractivity (Wildman–Crippen MR) is 104 cm³/mol. The van der Waals surface area contributed by atoms with Crippen molar-refractivity contribution < 1.29 is 14.0 Å². The van der Waals surface area contributed by atoms with Gasteiger partial charge in [0.25, 0.3) is 11.8 Å². The van der Waals surface area contributed by atoms with E-state index in [4.69, 9.17) is 4.42 Å². The third kappa shape index (κ3) is 3.26. The lowest BCUT2D eigenvalue weighted by atomic mass is 10.1. The summed E-state index contributed by atoms with van der Waals surface area (Å²) in [6, 6.07) is 16.4. The highest BCUT2D eigenvalue weighted by Crippen LogP contribution is 2.22. The standard InChI is InChI=1S/C21H16N6O3/c28-20-16-8-4-5-9-17(16)21(29)26(20)11-10-18-23-25-27(24-18)12-15-13-30-19(22-15)14-6-2-1-3-7-14/h1-9,13H,10-12H2. The molecule has 0 aliphatic carbocycles. The molecule has 5 rings (SSSR count). The topological polar surface area (TPSA) is 107 Å². The number of aromatic nitrogens is 5. The molecule has 0 bridgehead atoms. The van der Waals surface area contributed by atoms with Crippen LogP contribution in [0.4, 0.5) is 0 Å². The molecule has 0 unspecified atom stereocenters. The van der Waals surface area contributed by atoms with Gasteiger partial charge in [-0.05, 0) is 29.5 Å². The van der Waals surface area contributed by atoms with Gasteiger partial charge in [0.05, 0.1) is 11.1 Å². The van der Waals surface area contributed by atoms with Gasteiger partial charge in [-0.25, -0.2) is 4.98 Å². The lowest BCUT2D eigenvalue weighted by molar-refractivity contribution is 0.0655. The van der Waals surface area contributed by atoms with Crippen LogP contribution in [0.1, 0.15) is 32.2 Å². The van der Waals surface area contributed by atoms with E-state index in [0.717, 1.165) is 5.56 Å². The number of carbonyl (C=O) groups is 2. The van der Waals surface area contributed by atoms with E-state index in [2.05, 4.69) is 20.4 Å². The Labute approximate surface area is 171 Å². The van der Waals surface area contributed by atoms with Crippen LogP contribution in [-0.4, -0.2) is 48.5 Å². The smallest absolute Gasteiger partial charge is 0.261 e. The van der Waals surface area contributed by atoms with E-state index in [-0.39, 0.29) is 18.4 Å². The molecule has 1 aliphatic heterocycles. The van der Waals surface area contributed by atoms with Gasteiger partial charge in [0.2, 0.25) is 5.89 Å². The summed E-state index contributed by atoms with van der Waals surface area (Å²) in [5.41, 5.74) is 2.41. The molecule has 9 nitrogen and oxygen atoms in total. The number of amides is 2. The second-order valence-electron chi connectivity index (χ2n) is 6.80. The molecule has 3 heterocycles. The molecule has 4 aromatic rings. The Kier molecular flexibility index (Phi) is 4.40. The van der Waals surface area contributed by atoms with Crippen molar-refractivity contribution in [3.05, 3.63) is 83.5 Å². The summed E-state index contributed by atoms with van der Waals surface area (Å²) in [5.74, 6) is 0.382. The van der Waals surface area contributed by atoms with Crippen molar-refractivity contribution in [2.24, 2.45) is 0 Å². The molecule has 0 fully saturated rings. The van der Waals surface area contributed by atoms with Crippen LogP contribution in [0, 0.1) is 0 Å². The lowest BCUT2D eigenvalue weighted by Crippen LogP contribution is -2.32. The van der Waals surface area contributed by atoms with Crippen molar-refractivity contribution in [2.75, 3.05) is 6.54 Å². The quantitative estimate of drug-likeness (QED) is 0.457. The van der Waals surface area contributed by atoms with Crippen LogP contribution in [0.5, 0.6) is 0 Å². The summed E-state index contributed by atoms with van der Waals surface area (Å²) in [5, 5.41) is 12.3. The van der Waals surface area contributed by atoms with Gasteiger partial charge in [-0.2, -0.15) is 4.80 Å². The number of hydrogen-bond acceptors (Lipinski definition) is 7. The number of imide groups is 1. The number of tetrazole rings is 1. The Morgan fingerprint density at radius 3 is 2.33 bits per heavy atom. The molecular weight excluding hydrogens is 384 g/mol. The Bertz CT molecular complexity index is 1200. The second-order valence-corrected chi connectivity index (χ2v) is 6.80. The first-order chi connectivity index (χ1) is 14.7. The van der Waals surface area contributed by atoms with E-state index in [1.165, 1.54) is 9.70 Å². The minimum absolute atomic E-state index is 0.195. The van der Waals surface area contributed by atoms with E-state index in [0.29, 0.717) is 41.5 Å². The fourth-order valence-corrected chi connectivity index (χ4v) is 3.34. The van der Waals surface area contributed by atoms with Crippen LogP contribution in [-0.2, 0) is 13.0 Å². The van der Waals surface area contributed by atoms with Gasteiger partial charge in [-0.1, -0.05) is 30.3 Å². The predicted octanol–water partition coefficient (Wildman–Crippen LogP) is 2.22. The van der Waals surface area contributed by atoms with Crippen molar-refractivity contribution in [1.82, 2.24) is 30.1 Å². The molecule has 0 atom stereocenters. The molecule has 9 heteroatoms. The number of carbonyl (C=O) groups excluding carboxylic acids is 2. The fraction of sp³-hybridized carbons (Fsp3) is 0.143. The van der Waals surface area contributed by atoms with Gasteiger partial charge in [0.15, 0.2) is 5.82 Å². The number of nitrogens with zero attached hydrogens (tertiary/aromatic N) is 6. The molecule has 30 heavy (non-hydrogen) atoms. The summed E-state index contributed by atoms with van der Waals surface area (Å²) in [6.45, 7) is 0.497. The number of hydrogen-bond donors (Lipinski definition) is 0. The van der Waals surface area contributed by atoms with Crippen LogP contribution in [0.15, 0.2) is 65.3 Å². The first-order valence-electron chi connectivity index (χ1n) is 9.41. The number of benzene rings is 2. The van der Waals surface area contributed by atoms with Crippen molar-refractivity contribution in [2.45, 2.75) is 13.0 Å². The molecule has 0 radical (unpaired) electrons. The minimum Gasteiger partial charge on any atom is -0.444 e. The van der Waals surface area contributed by atoms with Crippen LogP contribution in [0.2, 0.25) is 0 Å². The van der Waals surface area contributed by atoms with Gasteiger partial charge >= 0.3 is 0 Å². The number of rotatable bonds is 6. The van der Waals surface area contributed by atoms with Crippen LogP contribution in [0.25, 0.3) is 11.5 Å². The Morgan fingerprint density at radius 2 is 1.60 bits per heavy atom. The zero-order valence-electron chi connectivity index (χ0n) is 15.8. The summed E-state index contributed by atoms with van der Waals surface area (Å²) in [6.07, 6.45) is 1.88. The minimum atomic E-state index is -0.293. The highest BCUT2D eigenvalue weighted by atomic mass is 16.3. The normalized spacial score (nSPS) is 13.1. The monoisotopic (exact) mass is 400 g/mol. The molecular formula is C21H16N6O3. The maximum absolute atomic E-state index is 12.4. The van der Waals surface area contributed by atoms with Crippen LogP contribution < -0.4 is 0 Å². The van der Waals surface area contributed by atoms with Gasteiger partial charge in [-0.3, -0.25) is 14.5 Å². The average molecular weight is 400 g/mol. The summed E-state index contributed by atoms with van der Waals surface area (Å²) >= 11 is 0. The first kappa shape index (κ1) is 17.9. The SMILES string of the molecule is O=C1c2ccccc2C(=O)N1CCc1nnn(Cc2coc(-c3ccccc3)n2)n1. The third-order valence-electron chi connectivity index (χ3n) is 4.81. The van der Waals surface area contributed by atoms with E-state index in [9.17, 15) is 9.59 Å². The number of oxazole rings is 1.